The Morgan fingerprint density at radius 3 is 2.08 bits per heavy atom. The van der Waals surface area contributed by atoms with Crippen molar-refractivity contribution in [1.82, 2.24) is 4.90 Å². The SMILES string of the molecule is CCC1(CC)c2ccc(C(=O)/C(Cl)=N/OC(C)=O)cc2-c2cc(C(=O)C(C)(C)N3CCOCC3)ccc21. The molecule has 4 rings (SSSR count). The first-order valence-corrected chi connectivity index (χ1v) is 13.1. The fourth-order valence-corrected chi connectivity index (χ4v) is 5.84. The third-order valence-electron chi connectivity index (χ3n) is 7.89. The van der Waals surface area contributed by atoms with Crippen LogP contribution in [-0.4, -0.2) is 59.4 Å². The van der Waals surface area contributed by atoms with Crippen molar-refractivity contribution in [3.05, 3.63) is 58.7 Å². The zero-order valence-electron chi connectivity index (χ0n) is 22.0. The van der Waals surface area contributed by atoms with E-state index in [-0.39, 0.29) is 11.2 Å². The number of fused-ring (bicyclic) bond motifs is 3. The Morgan fingerprint density at radius 1 is 1.00 bits per heavy atom. The lowest BCUT2D eigenvalue weighted by Gasteiger charge is -2.39. The van der Waals surface area contributed by atoms with Crippen LogP contribution in [0.3, 0.4) is 0 Å². The van der Waals surface area contributed by atoms with E-state index in [4.69, 9.17) is 16.3 Å². The Kier molecular flexibility index (Phi) is 7.70. The summed E-state index contributed by atoms with van der Waals surface area (Å²) in [6.07, 6.45) is 1.75. The molecule has 0 unspecified atom stereocenters. The molecule has 0 radical (unpaired) electrons. The van der Waals surface area contributed by atoms with E-state index in [1.165, 1.54) is 6.92 Å². The van der Waals surface area contributed by atoms with Crippen LogP contribution in [-0.2, 0) is 19.8 Å². The third kappa shape index (κ3) is 4.76. The van der Waals surface area contributed by atoms with Gasteiger partial charge in [0.15, 0.2) is 5.78 Å². The van der Waals surface area contributed by atoms with Gasteiger partial charge in [0.2, 0.25) is 11.0 Å². The van der Waals surface area contributed by atoms with Gasteiger partial charge in [-0.3, -0.25) is 14.5 Å². The molecule has 0 aromatic heterocycles. The van der Waals surface area contributed by atoms with Crippen LogP contribution >= 0.6 is 11.6 Å². The van der Waals surface area contributed by atoms with Crippen LogP contribution < -0.4 is 0 Å². The van der Waals surface area contributed by atoms with Crippen molar-refractivity contribution in [1.29, 1.82) is 0 Å². The van der Waals surface area contributed by atoms with Crippen molar-refractivity contribution in [2.24, 2.45) is 5.16 Å². The highest BCUT2D eigenvalue weighted by molar-refractivity contribution is 6.84. The molecule has 0 amide bonds. The van der Waals surface area contributed by atoms with E-state index in [0.717, 1.165) is 35.1 Å². The number of benzene rings is 2. The molecule has 2 aromatic carbocycles. The number of ketones is 2. The van der Waals surface area contributed by atoms with Crippen LogP contribution in [0.4, 0.5) is 0 Å². The Labute approximate surface area is 222 Å². The maximum Gasteiger partial charge on any atom is 0.332 e. The quantitative estimate of drug-likeness (QED) is 0.200. The zero-order chi connectivity index (χ0) is 27.0. The lowest BCUT2D eigenvalue weighted by molar-refractivity contribution is -0.140. The molecule has 1 saturated heterocycles. The summed E-state index contributed by atoms with van der Waals surface area (Å²) in [6.45, 7) is 12.1. The minimum Gasteiger partial charge on any atom is -0.379 e. The molecule has 0 spiro atoms. The number of morpholine rings is 1. The molecule has 8 heteroatoms. The Balaban J connectivity index is 1.78. The lowest BCUT2D eigenvalue weighted by Crippen LogP contribution is -2.54. The number of halogens is 1. The molecular weight excluding hydrogens is 492 g/mol. The van der Waals surface area contributed by atoms with Gasteiger partial charge in [0.1, 0.15) is 0 Å². The third-order valence-corrected chi connectivity index (χ3v) is 8.13. The van der Waals surface area contributed by atoms with E-state index in [1.807, 2.05) is 32.0 Å². The standard InChI is InChI=1S/C29H33ClN2O5/c1-6-29(7-2)23-10-8-19(25(34)27(30)31-37-18(3)33)16-21(23)22-17-20(9-11-24(22)29)26(35)28(4,5)32-12-14-36-15-13-32/h8-11,16-17H,6-7,12-15H2,1-5H3/b31-27-. The van der Waals surface area contributed by atoms with E-state index in [1.54, 1.807) is 12.1 Å². The largest absolute Gasteiger partial charge is 0.379 e. The summed E-state index contributed by atoms with van der Waals surface area (Å²) < 4.78 is 5.48. The van der Waals surface area contributed by atoms with Crippen molar-refractivity contribution in [3.63, 3.8) is 0 Å². The molecule has 0 bridgehead atoms. The van der Waals surface area contributed by atoms with Crippen LogP contribution in [0.1, 0.15) is 79.3 Å². The van der Waals surface area contributed by atoms with Gasteiger partial charge in [-0.1, -0.05) is 54.9 Å². The van der Waals surface area contributed by atoms with Gasteiger partial charge in [-0.2, -0.15) is 0 Å². The van der Waals surface area contributed by atoms with Crippen molar-refractivity contribution >= 4 is 34.3 Å². The smallest absolute Gasteiger partial charge is 0.332 e. The molecule has 1 fully saturated rings. The first-order chi connectivity index (χ1) is 17.6. The summed E-state index contributed by atoms with van der Waals surface area (Å²) in [5, 5.41) is 3.00. The van der Waals surface area contributed by atoms with Gasteiger partial charge in [-0.05, 0) is 61.1 Å². The van der Waals surface area contributed by atoms with Crippen molar-refractivity contribution < 1.29 is 24.0 Å². The average molecular weight is 525 g/mol. The number of Topliss-reactive ketones (excluding diaryl/α,β-unsaturated/α-hetero) is 2. The predicted octanol–water partition coefficient (Wildman–Crippen LogP) is 5.36. The molecule has 0 N–H and O–H groups in total. The average Bonchev–Trinajstić information content (AvgIpc) is 3.19. The van der Waals surface area contributed by atoms with Gasteiger partial charge in [0.05, 0.1) is 18.8 Å². The summed E-state index contributed by atoms with van der Waals surface area (Å²) in [6, 6.07) is 11.5. The first kappa shape index (κ1) is 27.2. The highest BCUT2D eigenvalue weighted by atomic mass is 35.5. The maximum absolute atomic E-state index is 13.8. The highest BCUT2D eigenvalue weighted by Crippen LogP contribution is 2.53. The predicted molar refractivity (Wildman–Crippen MR) is 143 cm³/mol. The van der Waals surface area contributed by atoms with Gasteiger partial charge in [0, 0.05) is 36.6 Å². The van der Waals surface area contributed by atoms with Crippen LogP contribution in [0.25, 0.3) is 11.1 Å². The number of nitrogens with zero attached hydrogens (tertiary/aromatic N) is 2. The molecule has 0 saturated carbocycles. The van der Waals surface area contributed by atoms with Crippen LogP contribution in [0, 0.1) is 0 Å². The van der Waals surface area contributed by atoms with Crippen LogP contribution in [0.15, 0.2) is 41.6 Å². The second-order valence-electron chi connectivity index (χ2n) is 10.1. The molecule has 0 atom stereocenters. The molecule has 2 aliphatic rings. The summed E-state index contributed by atoms with van der Waals surface area (Å²) in [5.74, 6) is -1.16. The second-order valence-corrected chi connectivity index (χ2v) is 10.4. The zero-order valence-corrected chi connectivity index (χ0v) is 22.8. The molecule has 7 nitrogen and oxygen atoms in total. The van der Waals surface area contributed by atoms with Crippen molar-refractivity contribution in [2.45, 2.75) is 58.4 Å². The maximum atomic E-state index is 13.8. The molecule has 2 aromatic rings. The number of ether oxygens (including phenoxy) is 1. The van der Waals surface area contributed by atoms with Gasteiger partial charge in [-0.25, -0.2) is 4.79 Å². The first-order valence-electron chi connectivity index (χ1n) is 12.7. The van der Waals surface area contributed by atoms with Crippen molar-refractivity contribution in [2.75, 3.05) is 26.3 Å². The van der Waals surface area contributed by atoms with Gasteiger partial charge >= 0.3 is 5.97 Å². The van der Waals surface area contributed by atoms with Gasteiger partial charge in [0.25, 0.3) is 0 Å². The monoisotopic (exact) mass is 524 g/mol. The summed E-state index contributed by atoms with van der Waals surface area (Å²) in [5.41, 5.74) is 4.19. The topological polar surface area (TPSA) is 85.3 Å². The van der Waals surface area contributed by atoms with Gasteiger partial charge in [-0.15, -0.1) is 0 Å². The fraction of sp³-hybridized carbons (Fsp3) is 0.448. The Bertz CT molecular complexity index is 1270. The molecule has 37 heavy (non-hydrogen) atoms. The number of carbonyl (C=O) groups excluding carboxylic acids is 3. The summed E-state index contributed by atoms with van der Waals surface area (Å²) in [4.78, 5) is 44.4. The van der Waals surface area contributed by atoms with E-state index in [9.17, 15) is 14.4 Å². The molecule has 1 heterocycles. The second kappa shape index (κ2) is 10.5. The molecule has 1 aliphatic heterocycles. The molecule has 196 valence electrons. The number of carbonyl (C=O) groups is 3. The number of oxime groups is 1. The normalized spacial score (nSPS) is 17.2. The number of hydrogen-bond acceptors (Lipinski definition) is 7. The highest BCUT2D eigenvalue weighted by Gasteiger charge is 2.42. The summed E-state index contributed by atoms with van der Waals surface area (Å²) in [7, 11) is 0. The van der Waals surface area contributed by atoms with E-state index >= 15 is 0 Å². The van der Waals surface area contributed by atoms with Crippen LogP contribution in [0.2, 0.25) is 0 Å². The fourth-order valence-electron chi connectivity index (χ4n) is 5.69. The molecular formula is C29H33ClN2O5. The molecule has 1 aliphatic carbocycles. The Hall–Kier alpha value is -2.87. The lowest BCUT2D eigenvalue weighted by atomic mass is 9.73. The van der Waals surface area contributed by atoms with E-state index in [2.05, 4.69) is 34.8 Å². The number of rotatable bonds is 8. The Morgan fingerprint density at radius 2 is 1.54 bits per heavy atom. The van der Waals surface area contributed by atoms with Crippen LogP contribution in [0.5, 0.6) is 0 Å². The van der Waals surface area contributed by atoms with E-state index < -0.39 is 22.5 Å². The van der Waals surface area contributed by atoms with Gasteiger partial charge < -0.3 is 9.57 Å². The minimum absolute atomic E-state index is 0.0491. The number of hydrogen-bond donors (Lipinski definition) is 0. The van der Waals surface area contributed by atoms with E-state index in [0.29, 0.717) is 37.4 Å². The minimum atomic E-state index is -0.676. The van der Waals surface area contributed by atoms with Crippen molar-refractivity contribution in [3.8, 4) is 11.1 Å². The summed E-state index contributed by atoms with van der Waals surface area (Å²) >= 11 is 6.03.